The smallest absolute Gasteiger partial charge is 0.306 e. The second-order valence-electron chi connectivity index (χ2n) is 4.97. The minimum Gasteiger partial charge on any atom is -0.469 e. The maximum atomic E-state index is 11.3. The monoisotopic (exact) mass is 269 g/mol. The summed E-state index contributed by atoms with van der Waals surface area (Å²) in [4.78, 5) is 11.3. The molecule has 0 radical (unpaired) electrons. The van der Waals surface area contributed by atoms with Crippen molar-refractivity contribution in [3.05, 3.63) is 5.69 Å². The highest BCUT2D eigenvalue weighted by atomic mass is 32.2. The zero-order valence-corrected chi connectivity index (χ0v) is 11.8. The van der Waals surface area contributed by atoms with Gasteiger partial charge in [0.1, 0.15) is 5.03 Å². The molecule has 0 spiro atoms. The van der Waals surface area contributed by atoms with Crippen molar-refractivity contribution < 1.29 is 9.53 Å². The van der Waals surface area contributed by atoms with Gasteiger partial charge in [-0.2, -0.15) is 5.10 Å². The molecule has 0 amide bonds. The highest BCUT2D eigenvalue weighted by molar-refractivity contribution is 7.99. The van der Waals surface area contributed by atoms with Crippen LogP contribution in [0.5, 0.6) is 0 Å². The van der Waals surface area contributed by atoms with Crippen LogP contribution < -0.4 is 5.73 Å². The Hall–Kier alpha value is -1.17. The largest absolute Gasteiger partial charge is 0.469 e. The number of aryl methyl sites for hydroxylation is 2. The number of ether oxygens (including phenoxy) is 1. The fourth-order valence-electron chi connectivity index (χ4n) is 1.97. The van der Waals surface area contributed by atoms with E-state index in [-0.39, 0.29) is 11.4 Å². The number of rotatable bonds is 5. The Morgan fingerprint density at radius 1 is 1.61 bits per heavy atom. The van der Waals surface area contributed by atoms with Crippen LogP contribution >= 0.6 is 11.8 Å². The van der Waals surface area contributed by atoms with Gasteiger partial charge in [-0.05, 0) is 25.2 Å². The van der Waals surface area contributed by atoms with Crippen LogP contribution in [0, 0.1) is 12.3 Å². The molecule has 2 rings (SSSR count). The van der Waals surface area contributed by atoms with Gasteiger partial charge in [0.25, 0.3) is 0 Å². The average Bonchev–Trinajstić information content (AvgIpc) is 3.03. The topological polar surface area (TPSA) is 70.1 Å². The number of thioether (sulfide) groups is 1. The molecule has 0 atom stereocenters. The number of hydrogen-bond acceptors (Lipinski definition) is 5. The highest BCUT2D eigenvalue weighted by Gasteiger charge is 2.44. The lowest BCUT2D eigenvalue weighted by molar-refractivity contribution is -0.141. The molecule has 0 unspecified atom stereocenters. The Bertz CT molecular complexity index is 466. The van der Waals surface area contributed by atoms with Gasteiger partial charge in [0.05, 0.1) is 24.9 Å². The Labute approximate surface area is 111 Å². The first-order valence-electron chi connectivity index (χ1n) is 5.96. The van der Waals surface area contributed by atoms with E-state index < -0.39 is 0 Å². The lowest BCUT2D eigenvalue weighted by Crippen LogP contribution is -2.13. The predicted octanol–water partition coefficient (Wildman–Crippen LogP) is 1.75. The number of nitrogen functional groups attached to an aromatic ring is 1. The van der Waals surface area contributed by atoms with E-state index in [1.807, 2.05) is 18.7 Å². The average molecular weight is 269 g/mol. The Morgan fingerprint density at radius 2 is 2.28 bits per heavy atom. The van der Waals surface area contributed by atoms with Crippen molar-refractivity contribution in [3.63, 3.8) is 0 Å². The van der Waals surface area contributed by atoms with E-state index >= 15 is 0 Å². The van der Waals surface area contributed by atoms with E-state index in [0.717, 1.165) is 35.0 Å². The van der Waals surface area contributed by atoms with Crippen LogP contribution in [0.4, 0.5) is 5.69 Å². The molecule has 1 aromatic heterocycles. The molecule has 1 aliphatic rings. The summed E-state index contributed by atoms with van der Waals surface area (Å²) in [6.45, 7) is 1.90. The van der Waals surface area contributed by atoms with Gasteiger partial charge in [0.15, 0.2) is 0 Å². The first kappa shape index (κ1) is 13.3. The zero-order valence-electron chi connectivity index (χ0n) is 11.0. The van der Waals surface area contributed by atoms with E-state index in [2.05, 4.69) is 5.10 Å². The number of hydrogen-bond donors (Lipinski definition) is 1. The summed E-state index contributed by atoms with van der Waals surface area (Å²) in [5, 5.41) is 5.28. The minimum atomic E-state index is -0.123. The molecule has 0 aliphatic heterocycles. The molecular formula is C12H19N3O2S. The third kappa shape index (κ3) is 2.63. The van der Waals surface area contributed by atoms with Crippen LogP contribution in [0.2, 0.25) is 0 Å². The maximum absolute atomic E-state index is 11.3. The van der Waals surface area contributed by atoms with Crippen molar-refractivity contribution in [2.75, 3.05) is 18.6 Å². The summed E-state index contributed by atoms with van der Waals surface area (Å²) in [5.41, 5.74) is 7.70. The standard InChI is InChI=1S/C12H19N3O2S/c1-8-10(13)11(15(2)14-8)18-7-12(4-5-12)6-9(16)17-3/h4-7,13H2,1-3H3. The van der Waals surface area contributed by atoms with Gasteiger partial charge in [-0.15, -0.1) is 11.8 Å². The molecule has 0 aromatic carbocycles. The predicted molar refractivity (Wildman–Crippen MR) is 71.4 cm³/mol. The normalized spacial score (nSPS) is 16.6. The fourth-order valence-corrected chi connectivity index (χ4v) is 3.34. The van der Waals surface area contributed by atoms with Gasteiger partial charge >= 0.3 is 5.97 Å². The van der Waals surface area contributed by atoms with Crippen LogP contribution in [-0.2, 0) is 16.6 Å². The summed E-state index contributed by atoms with van der Waals surface area (Å²) in [7, 11) is 3.33. The van der Waals surface area contributed by atoms with Gasteiger partial charge in [0, 0.05) is 12.8 Å². The van der Waals surface area contributed by atoms with Gasteiger partial charge in [0.2, 0.25) is 0 Å². The molecule has 100 valence electrons. The summed E-state index contributed by atoms with van der Waals surface area (Å²) in [5.74, 6) is 0.771. The molecule has 1 saturated carbocycles. The lowest BCUT2D eigenvalue weighted by Gasteiger charge is -2.13. The SMILES string of the molecule is COC(=O)CC1(CSc2c(N)c(C)nn2C)CC1. The number of carbonyl (C=O) groups is 1. The highest BCUT2D eigenvalue weighted by Crippen LogP contribution is 2.52. The Kier molecular flexibility index (Phi) is 3.56. The van der Waals surface area contributed by atoms with Gasteiger partial charge < -0.3 is 10.5 Å². The third-order valence-corrected chi connectivity index (χ3v) is 4.95. The summed E-state index contributed by atoms with van der Waals surface area (Å²) < 4.78 is 6.55. The molecule has 1 fully saturated rings. The molecule has 2 N–H and O–H groups in total. The number of esters is 1. The van der Waals surface area contributed by atoms with E-state index in [9.17, 15) is 4.79 Å². The summed E-state index contributed by atoms with van der Waals surface area (Å²) in [6.07, 6.45) is 2.69. The quantitative estimate of drug-likeness (QED) is 0.651. The van der Waals surface area contributed by atoms with Crippen LogP contribution in [-0.4, -0.2) is 28.6 Å². The van der Waals surface area contributed by atoms with Crippen molar-refractivity contribution in [2.45, 2.75) is 31.2 Å². The second kappa shape index (κ2) is 4.84. The van der Waals surface area contributed by atoms with Gasteiger partial charge in [-0.25, -0.2) is 0 Å². The van der Waals surface area contributed by atoms with E-state index in [1.165, 1.54) is 7.11 Å². The zero-order chi connectivity index (χ0) is 13.3. The Balaban J connectivity index is 1.97. The third-order valence-electron chi connectivity index (χ3n) is 3.43. The number of methoxy groups -OCH3 is 1. The number of aromatic nitrogens is 2. The van der Waals surface area contributed by atoms with Gasteiger partial charge in [-0.3, -0.25) is 9.48 Å². The fraction of sp³-hybridized carbons (Fsp3) is 0.667. The van der Waals surface area contributed by atoms with Crippen LogP contribution in [0.15, 0.2) is 5.03 Å². The molecule has 6 heteroatoms. The lowest BCUT2D eigenvalue weighted by atomic mass is 10.1. The first-order chi connectivity index (χ1) is 8.47. The Morgan fingerprint density at radius 3 is 2.72 bits per heavy atom. The van der Waals surface area contributed by atoms with E-state index in [0.29, 0.717) is 6.42 Å². The number of anilines is 1. The maximum Gasteiger partial charge on any atom is 0.306 e. The minimum absolute atomic E-state index is 0.113. The van der Waals surface area contributed by atoms with Crippen molar-refractivity contribution in [3.8, 4) is 0 Å². The molecular weight excluding hydrogens is 250 g/mol. The number of carbonyl (C=O) groups excluding carboxylic acids is 1. The van der Waals surface area contributed by atoms with Crippen LogP contribution in [0.3, 0.4) is 0 Å². The van der Waals surface area contributed by atoms with E-state index in [1.54, 1.807) is 11.8 Å². The van der Waals surface area contributed by atoms with Crippen molar-refractivity contribution in [1.29, 1.82) is 0 Å². The van der Waals surface area contributed by atoms with E-state index in [4.69, 9.17) is 10.5 Å². The molecule has 0 saturated heterocycles. The van der Waals surface area contributed by atoms with Crippen LogP contribution in [0.25, 0.3) is 0 Å². The molecule has 5 nitrogen and oxygen atoms in total. The molecule has 1 aromatic rings. The molecule has 1 heterocycles. The van der Waals surface area contributed by atoms with Crippen LogP contribution in [0.1, 0.15) is 25.0 Å². The number of nitrogens with two attached hydrogens (primary N) is 1. The first-order valence-corrected chi connectivity index (χ1v) is 6.95. The molecule has 1 aliphatic carbocycles. The van der Waals surface area contributed by atoms with Gasteiger partial charge in [-0.1, -0.05) is 0 Å². The molecule has 0 bridgehead atoms. The number of nitrogens with zero attached hydrogens (tertiary/aromatic N) is 2. The van der Waals surface area contributed by atoms with Crippen molar-refractivity contribution in [2.24, 2.45) is 12.5 Å². The second-order valence-corrected chi connectivity index (χ2v) is 5.93. The van der Waals surface area contributed by atoms with Crippen molar-refractivity contribution in [1.82, 2.24) is 9.78 Å². The molecule has 18 heavy (non-hydrogen) atoms. The van der Waals surface area contributed by atoms with Crippen molar-refractivity contribution >= 4 is 23.4 Å². The summed E-state index contributed by atoms with van der Waals surface area (Å²) >= 11 is 1.68. The summed E-state index contributed by atoms with van der Waals surface area (Å²) in [6, 6.07) is 0.